The van der Waals surface area contributed by atoms with Crippen LogP contribution in [0.3, 0.4) is 0 Å². The summed E-state index contributed by atoms with van der Waals surface area (Å²) in [4.78, 5) is 1.10. The molecule has 0 saturated heterocycles. The highest BCUT2D eigenvalue weighted by atomic mass is 79.9. The summed E-state index contributed by atoms with van der Waals surface area (Å²) < 4.78 is 15.3. The average molecular weight is 408 g/mol. The molecule has 1 unspecified atom stereocenters. The van der Waals surface area contributed by atoms with Crippen molar-refractivity contribution in [2.45, 2.75) is 19.4 Å². The van der Waals surface area contributed by atoms with E-state index in [0.29, 0.717) is 6.42 Å². The molecule has 0 saturated carbocycles. The topological polar surface area (TPSA) is 38.0 Å². The first-order valence-electron chi connectivity index (χ1n) is 5.67. The van der Waals surface area contributed by atoms with Gasteiger partial charge in [-0.15, -0.1) is 11.3 Å². The van der Waals surface area contributed by atoms with Crippen molar-refractivity contribution in [1.29, 1.82) is 0 Å². The molecule has 0 spiro atoms. The summed E-state index contributed by atoms with van der Waals surface area (Å²) in [6.45, 7) is 1.97. The third kappa shape index (κ3) is 3.64. The maximum atomic E-state index is 13.3. The highest BCUT2D eigenvalue weighted by molar-refractivity contribution is 9.13. The molecule has 19 heavy (non-hydrogen) atoms. The zero-order valence-corrected chi connectivity index (χ0v) is 14.2. The first kappa shape index (κ1) is 15.1. The fourth-order valence-electron chi connectivity index (χ4n) is 1.86. The van der Waals surface area contributed by atoms with Gasteiger partial charge >= 0.3 is 0 Å². The Morgan fingerprint density at radius 1 is 1.37 bits per heavy atom. The van der Waals surface area contributed by atoms with Crippen molar-refractivity contribution in [3.8, 4) is 0 Å². The SMILES string of the molecule is Cc1ccc(F)cc1CC(NN)c1cc(Br)c(Br)s1. The quantitative estimate of drug-likeness (QED) is 0.579. The molecule has 0 aliphatic heterocycles. The van der Waals surface area contributed by atoms with Crippen LogP contribution in [-0.4, -0.2) is 0 Å². The smallest absolute Gasteiger partial charge is 0.123 e. The second-order valence-corrected chi connectivity index (χ2v) is 7.52. The zero-order chi connectivity index (χ0) is 14.0. The highest BCUT2D eigenvalue weighted by Gasteiger charge is 2.16. The summed E-state index contributed by atoms with van der Waals surface area (Å²) in [5.74, 6) is 5.41. The van der Waals surface area contributed by atoms with Gasteiger partial charge in [-0.25, -0.2) is 4.39 Å². The first-order valence-corrected chi connectivity index (χ1v) is 8.07. The molecule has 2 rings (SSSR count). The summed E-state index contributed by atoms with van der Waals surface area (Å²) in [6.07, 6.45) is 0.652. The molecule has 3 N–H and O–H groups in total. The Hall–Kier alpha value is -0.270. The van der Waals surface area contributed by atoms with E-state index in [9.17, 15) is 4.39 Å². The molecule has 1 aromatic carbocycles. The average Bonchev–Trinajstić information content (AvgIpc) is 2.70. The van der Waals surface area contributed by atoms with E-state index in [4.69, 9.17) is 5.84 Å². The van der Waals surface area contributed by atoms with Crippen molar-refractivity contribution in [2.24, 2.45) is 5.84 Å². The minimum Gasteiger partial charge on any atom is -0.271 e. The number of thiophene rings is 1. The molecule has 6 heteroatoms. The Labute approximate surface area is 132 Å². The second-order valence-electron chi connectivity index (χ2n) is 4.26. The number of benzene rings is 1. The molecule has 0 fully saturated rings. The molecular formula is C13H13Br2FN2S. The molecule has 0 bridgehead atoms. The van der Waals surface area contributed by atoms with Gasteiger partial charge in [-0.1, -0.05) is 6.07 Å². The minimum absolute atomic E-state index is 0.0342. The standard InChI is InChI=1S/C13H13Br2FN2S/c1-7-2-3-9(16)4-8(7)5-11(18-17)12-6-10(14)13(15)19-12/h2-4,6,11,18H,5,17H2,1H3. The summed E-state index contributed by atoms with van der Waals surface area (Å²) in [7, 11) is 0. The molecular weight excluding hydrogens is 395 g/mol. The Morgan fingerprint density at radius 3 is 2.68 bits per heavy atom. The summed E-state index contributed by atoms with van der Waals surface area (Å²) in [5.41, 5.74) is 4.83. The number of rotatable bonds is 4. The predicted molar refractivity (Wildman–Crippen MR) is 84.6 cm³/mol. The maximum absolute atomic E-state index is 13.3. The number of hydrogen-bond donors (Lipinski definition) is 2. The van der Waals surface area contributed by atoms with E-state index in [1.54, 1.807) is 23.5 Å². The molecule has 2 nitrogen and oxygen atoms in total. The van der Waals surface area contributed by atoms with E-state index >= 15 is 0 Å². The lowest BCUT2D eigenvalue weighted by Crippen LogP contribution is -2.29. The van der Waals surface area contributed by atoms with Gasteiger partial charge in [-0.3, -0.25) is 11.3 Å². The van der Waals surface area contributed by atoms with Gasteiger partial charge in [0.2, 0.25) is 0 Å². The molecule has 0 aliphatic rings. The molecule has 102 valence electrons. The lowest BCUT2D eigenvalue weighted by Gasteiger charge is -2.15. The third-order valence-electron chi connectivity index (χ3n) is 2.94. The summed E-state index contributed by atoms with van der Waals surface area (Å²) in [5, 5.41) is 0. The predicted octanol–water partition coefficient (Wildman–Crippen LogP) is 4.47. The lowest BCUT2D eigenvalue weighted by molar-refractivity contribution is 0.555. The lowest BCUT2D eigenvalue weighted by atomic mass is 10.0. The third-order valence-corrected chi connectivity index (χ3v) is 6.31. The normalized spacial score (nSPS) is 12.7. The largest absolute Gasteiger partial charge is 0.271 e. The number of aryl methyl sites for hydroxylation is 1. The van der Waals surface area contributed by atoms with Gasteiger partial charge in [0.1, 0.15) is 5.82 Å². The van der Waals surface area contributed by atoms with Crippen LogP contribution in [0, 0.1) is 12.7 Å². The Kier molecular flexibility index (Phi) is 5.14. The van der Waals surface area contributed by atoms with Gasteiger partial charge in [0, 0.05) is 9.35 Å². The van der Waals surface area contributed by atoms with Crippen LogP contribution in [0.4, 0.5) is 4.39 Å². The number of nitrogens with one attached hydrogen (secondary N) is 1. The van der Waals surface area contributed by atoms with Crippen LogP contribution in [0.5, 0.6) is 0 Å². The number of hydrogen-bond acceptors (Lipinski definition) is 3. The van der Waals surface area contributed by atoms with E-state index in [1.807, 2.05) is 13.0 Å². The fraction of sp³-hybridized carbons (Fsp3) is 0.231. The van der Waals surface area contributed by atoms with E-state index in [-0.39, 0.29) is 11.9 Å². The Bertz CT molecular complexity index is 567. The minimum atomic E-state index is -0.218. The molecule has 0 radical (unpaired) electrons. The van der Waals surface area contributed by atoms with Crippen LogP contribution >= 0.6 is 43.2 Å². The molecule has 1 atom stereocenters. The fourth-order valence-corrected chi connectivity index (χ4v) is 4.01. The van der Waals surface area contributed by atoms with E-state index in [1.165, 1.54) is 6.07 Å². The summed E-state index contributed by atoms with van der Waals surface area (Å²) in [6, 6.07) is 6.82. The van der Waals surface area contributed by atoms with Crippen molar-refractivity contribution in [1.82, 2.24) is 5.43 Å². The van der Waals surface area contributed by atoms with Crippen LogP contribution < -0.4 is 11.3 Å². The van der Waals surface area contributed by atoms with Crippen LogP contribution in [0.15, 0.2) is 32.5 Å². The number of halogens is 3. The number of nitrogens with two attached hydrogens (primary N) is 1. The van der Waals surface area contributed by atoms with Crippen molar-refractivity contribution < 1.29 is 4.39 Å². The zero-order valence-electron chi connectivity index (χ0n) is 10.2. The van der Waals surface area contributed by atoms with E-state index in [2.05, 4.69) is 37.3 Å². The molecule has 1 heterocycles. The molecule has 2 aromatic rings. The highest BCUT2D eigenvalue weighted by Crippen LogP contribution is 2.36. The molecule has 1 aromatic heterocycles. The van der Waals surface area contributed by atoms with Gasteiger partial charge in [-0.2, -0.15) is 0 Å². The Morgan fingerprint density at radius 2 is 2.11 bits per heavy atom. The van der Waals surface area contributed by atoms with Crippen LogP contribution in [0.2, 0.25) is 0 Å². The molecule has 0 aliphatic carbocycles. The van der Waals surface area contributed by atoms with Gasteiger partial charge < -0.3 is 0 Å². The van der Waals surface area contributed by atoms with Gasteiger partial charge in [0.15, 0.2) is 0 Å². The monoisotopic (exact) mass is 406 g/mol. The van der Waals surface area contributed by atoms with Crippen molar-refractivity contribution in [2.75, 3.05) is 0 Å². The maximum Gasteiger partial charge on any atom is 0.123 e. The van der Waals surface area contributed by atoms with Gasteiger partial charge in [0.25, 0.3) is 0 Å². The van der Waals surface area contributed by atoms with Crippen LogP contribution in [0.25, 0.3) is 0 Å². The van der Waals surface area contributed by atoms with E-state index < -0.39 is 0 Å². The van der Waals surface area contributed by atoms with Gasteiger partial charge in [0.05, 0.1) is 9.83 Å². The van der Waals surface area contributed by atoms with Crippen LogP contribution in [-0.2, 0) is 6.42 Å². The van der Waals surface area contributed by atoms with Crippen molar-refractivity contribution in [3.63, 3.8) is 0 Å². The molecule has 0 amide bonds. The number of hydrazine groups is 1. The first-order chi connectivity index (χ1) is 9.01. The summed E-state index contributed by atoms with van der Waals surface area (Å²) >= 11 is 8.54. The van der Waals surface area contributed by atoms with Crippen LogP contribution in [0.1, 0.15) is 22.0 Å². The van der Waals surface area contributed by atoms with Gasteiger partial charge in [-0.05, 0) is 74.5 Å². The van der Waals surface area contributed by atoms with Crippen molar-refractivity contribution in [3.05, 3.63) is 54.3 Å². The Balaban J connectivity index is 2.26. The van der Waals surface area contributed by atoms with Crippen molar-refractivity contribution >= 4 is 43.2 Å². The second kappa shape index (κ2) is 6.45. The van der Waals surface area contributed by atoms with E-state index in [0.717, 1.165) is 24.3 Å².